The molecule has 2 rings (SSSR count). The average Bonchev–Trinajstić information content (AvgIpc) is 2.48. The van der Waals surface area contributed by atoms with Crippen molar-refractivity contribution >= 4 is 58.0 Å². The van der Waals surface area contributed by atoms with Gasteiger partial charge in [-0.25, -0.2) is 0 Å². The zero-order chi connectivity index (χ0) is 17.0. The Morgan fingerprint density at radius 2 is 1.74 bits per heavy atom. The second-order valence-electron chi connectivity index (χ2n) is 4.73. The maximum atomic E-state index is 12.2. The summed E-state index contributed by atoms with van der Waals surface area (Å²) in [5.41, 5.74) is 0.891. The van der Waals surface area contributed by atoms with E-state index in [9.17, 15) is 9.59 Å². The molecule has 1 N–H and O–H groups in total. The Balaban J connectivity index is 2.18. The monoisotopic (exact) mass is 370 g/mol. The van der Waals surface area contributed by atoms with Crippen LogP contribution in [0.4, 0.5) is 11.4 Å². The summed E-state index contributed by atoms with van der Waals surface area (Å²) in [6, 6.07) is 11.6. The maximum absolute atomic E-state index is 12.2. The van der Waals surface area contributed by atoms with Gasteiger partial charge >= 0.3 is 0 Å². The number of nitrogens with zero attached hydrogens (tertiary/aromatic N) is 1. The van der Waals surface area contributed by atoms with Gasteiger partial charge in [0.1, 0.15) is 6.54 Å². The van der Waals surface area contributed by atoms with Gasteiger partial charge in [-0.1, -0.05) is 46.9 Å². The first-order chi connectivity index (χ1) is 10.9. The summed E-state index contributed by atoms with van der Waals surface area (Å²) in [4.78, 5) is 25.3. The average molecular weight is 372 g/mol. The lowest BCUT2D eigenvalue weighted by molar-refractivity contribution is -0.120. The first kappa shape index (κ1) is 17.6. The van der Waals surface area contributed by atoms with E-state index in [2.05, 4.69) is 5.32 Å². The quantitative estimate of drug-likeness (QED) is 0.851. The topological polar surface area (TPSA) is 49.4 Å². The van der Waals surface area contributed by atoms with Gasteiger partial charge in [-0.2, -0.15) is 0 Å². The van der Waals surface area contributed by atoms with E-state index in [1.54, 1.807) is 36.4 Å². The molecule has 2 aromatic rings. The number of halogens is 3. The van der Waals surface area contributed by atoms with Gasteiger partial charge in [-0.3, -0.25) is 9.59 Å². The van der Waals surface area contributed by atoms with Gasteiger partial charge in [-0.05, 0) is 30.3 Å². The molecule has 4 nitrogen and oxygen atoms in total. The predicted octanol–water partition coefficient (Wildman–Crippen LogP) is 4.64. The van der Waals surface area contributed by atoms with Crippen LogP contribution in [0.2, 0.25) is 15.1 Å². The fourth-order valence-corrected chi connectivity index (χ4v) is 2.66. The van der Waals surface area contributed by atoms with Crippen LogP contribution in [-0.4, -0.2) is 18.4 Å². The van der Waals surface area contributed by atoms with E-state index in [-0.39, 0.29) is 18.4 Å². The molecule has 7 heteroatoms. The Kier molecular flexibility index (Phi) is 5.88. The number of hydrogen-bond donors (Lipinski definition) is 1. The lowest BCUT2D eigenvalue weighted by atomic mass is 10.2. The minimum atomic E-state index is -0.390. The first-order valence-electron chi connectivity index (χ1n) is 6.66. The van der Waals surface area contributed by atoms with Crippen LogP contribution < -0.4 is 10.2 Å². The number of nitrogens with one attached hydrogen (secondary N) is 1. The summed E-state index contributed by atoms with van der Waals surface area (Å²) in [6.07, 6.45) is 0. The molecule has 0 aromatic heterocycles. The smallest absolute Gasteiger partial charge is 0.244 e. The van der Waals surface area contributed by atoms with Crippen LogP contribution in [-0.2, 0) is 9.59 Å². The van der Waals surface area contributed by atoms with E-state index in [4.69, 9.17) is 34.8 Å². The van der Waals surface area contributed by atoms with Crippen molar-refractivity contribution in [2.24, 2.45) is 0 Å². The van der Waals surface area contributed by atoms with Gasteiger partial charge in [0, 0.05) is 11.9 Å². The first-order valence-corrected chi connectivity index (χ1v) is 7.79. The predicted molar refractivity (Wildman–Crippen MR) is 94.6 cm³/mol. The van der Waals surface area contributed by atoms with Crippen LogP contribution in [0, 0.1) is 0 Å². The number of anilines is 2. The van der Waals surface area contributed by atoms with Gasteiger partial charge in [0.15, 0.2) is 0 Å². The molecule has 0 unspecified atom stereocenters. The normalized spacial score (nSPS) is 10.3. The largest absolute Gasteiger partial charge is 0.323 e. The second-order valence-corrected chi connectivity index (χ2v) is 5.98. The highest BCUT2D eigenvalue weighted by atomic mass is 35.5. The van der Waals surface area contributed by atoms with Gasteiger partial charge in [-0.15, -0.1) is 0 Å². The Labute approximate surface area is 148 Å². The van der Waals surface area contributed by atoms with E-state index >= 15 is 0 Å². The van der Waals surface area contributed by atoms with Crippen LogP contribution >= 0.6 is 34.8 Å². The number of hydrogen-bond acceptors (Lipinski definition) is 2. The Morgan fingerprint density at radius 3 is 2.35 bits per heavy atom. The minimum Gasteiger partial charge on any atom is -0.323 e. The molecule has 2 aromatic carbocycles. The van der Waals surface area contributed by atoms with Crippen molar-refractivity contribution < 1.29 is 9.59 Å². The van der Waals surface area contributed by atoms with E-state index in [1.165, 1.54) is 17.9 Å². The van der Waals surface area contributed by atoms with Crippen molar-refractivity contribution in [3.8, 4) is 0 Å². The molecular formula is C16H13Cl3N2O2. The third kappa shape index (κ3) is 4.61. The fraction of sp³-hybridized carbons (Fsp3) is 0.125. The summed E-state index contributed by atoms with van der Waals surface area (Å²) >= 11 is 18.0. The van der Waals surface area contributed by atoms with Crippen LogP contribution in [0.25, 0.3) is 0 Å². The third-order valence-corrected chi connectivity index (χ3v) is 3.90. The molecule has 120 valence electrons. The molecule has 0 aliphatic rings. The number of para-hydroxylation sites is 1. The van der Waals surface area contributed by atoms with Crippen LogP contribution in [0.1, 0.15) is 6.92 Å². The highest BCUT2D eigenvalue weighted by Crippen LogP contribution is 2.29. The molecule has 0 aliphatic carbocycles. The summed E-state index contributed by atoms with van der Waals surface area (Å²) in [5.74, 6) is -0.706. The lowest BCUT2D eigenvalue weighted by Crippen LogP contribution is -2.36. The fourth-order valence-electron chi connectivity index (χ4n) is 1.96. The van der Waals surface area contributed by atoms with Crippen molar-refractivity contribution in [3.05, 3.63) is 57.5 Å². The third-order valence-electron chi connectivity index (χ3n) is 3.03. The summed E-state index contributed by atoms with van der Waals surface area (Å²) in [7, 11) is 0. The van der Waals surface area contributed by atoms with E-state index in [0.29, 0.717) is 26.4 Å². The SMILES string of the molecule is CC(=O)N(CC(=O)Nc1ccccc1Cl)c1ccc(Cl)cc1Cl. The summed E-state index contributed by atoms with van der Waals surface area (Å²) in [6.45, 7) is 1.16. The standard InChI is InChI=1S/C16H13Cl3N2O2/c1-10(22)21(15-7-6-11(17)8-13(15)19)9-16(23)20-14-5-3-2-4-12(14)18/h2-8H,9H2,1H3,(H,20,23). The molecule has 0 saturated carbocycles. The molecule has 23 heavy (non-hydrogen) atoms. The van der Waals surface area contributed by atoms with Gasteiger partial charge in [0.05, 0.1) is 21.4 Å². The van der Waals surface area contributed by atoms with Crippen LogP contribution in [0.5, 0.6) is 0 Å². The lowest BCUT2D eigenvalue weighted by Gasteiger charge is -2.22. The van der Waals surface area contributed by atoms with Crippen LogP contribution in [0.15, 0.2) is 42.5 Å². The number of benzene rings is 2. The molecular weight excluding hydrogens is 359 g/mol. The van der Waals surface area contributed by atoms with Gasteiger partial charge < -0.3 is 10.2 Å². The van der Waals surface area contributed by atoms with Gasteiger partial charge in [0.2, 0.25) is 11.8 Å². The van der Waals surface area contributed by atoms with Crippen molar-refractivity contribution in [1.82, 2.24) is 0 Å². The Bertz CT molecular complexity index is 750. The van der Waals surface area contributed by atoms with Gasteiger partial charge in [0.25, 0.3) is 0 Å². The van der Waals surface area contributed by atoms with Crippen molar-refractivity contribution in [2.75, 3.05) is 16.8 Å². The maximum Gasteiger partial charge on any atom is 0.244 e. The number of carbonyl (C=O) groups is 2. The number of carbonyl (C=O) groups excluding carboxylic acids is 2. The van der Waals surface area contributed by atoms with E-state index in [0.717, 1.165) is 0 Å². The Morgan fingerprint density at radius 1 is 1.04 bits per heavy atom. The highest BCUT2D eigenvalue weighted by Gasteiger charge is 2.19. The summed E-state index contributed by atoms with van der Waals surface area (Å²) < 4.78 is 0. The van der Waals surface area contributed by atoms with Crippen molar-refractivity contribution in [3.63, 3.8) is 0 Å². The van der Waals surface area contributed by atoms with Crippen molar-refractivity contribution in [1.29, 1.82) is 0 Å². The number of amides is 2. The molecule has 0 bridgehead atoms. The summed E-state index contributed by atoms with van der Waals surface area (Å²) in [5, 5.41) is 3.82. The highest BCUT2D eigenvalue weighted by molar-refractivity contribution is 6.37. The number of rotatable bonds is 4. The molecule has 0 aliphatic heterocycles. The molecule has 0 atom stereocenters. The molecule has 2 amide bonds. The van der Waals surface area contributed by atoms with E-state index in [1.807, 2.05) is 0 Å². The Hall–Kier alpha value is -1.75. The molecule has 0 radical (unpaired) electrons. The molecule has 0 heterocycles. The molecule has 0 saturated heterocycles. The minimum absolute atomic E-state index is 0.193. The molecule has 0 spiro atoms. The van der Waals surface area contributed by atoms with E-state index < -0.39 is 0 Å². The zero-order valence-electron chi connectivity index (χ0n) is 12.1. The van der Waals surface area contributed by atoms with Crippen LogP contribution in [0.3, 0.4) is 0 Å². The van der Waals surface area contributed by atoms with Crippen molar-refractivity contribution in [2.45, 2.75) is 6.92 Å². The molecule has 0 fully saturated rings. The zero-order valence-corrected chi connectivity index (χ0v) is 14.4. The second kappa shape index (κ2) is 7.68.